The number of aromatic nitrogens is 3. The second-order valence-electron chi connectivity index (χ2n) is 5.22. The molecule has 0 saturated heterocycles. The van der Waals surface area contributed by atoms with Gasteiger partial charge in [0.05, 0.1) is 24.1 Å². The molecule has 0 N–H and O–H groups in total. The van der Waals surface area contributed by atoms with E-state index in [1.54, 1.807) is 0 Å². The largest absolute Gasteiger partial charge is 0.339 e. The lowest BCUT2D eigenvalue weighted by Gasteiger charge is -1.95. The minimum Gasteiger partial charge on any atom is -0.339 e. The number of hydrogen-bond donors (Lipinski definition) is 0. The molecule has 2 aromatic heterocycles. The first-order chi connectivity index (χ1) is 9.04. The Morgan fingerprint density at radius 1 is 1.42 bits per heavy atom. The molecule has 0 amide bonds. The van der Waals surface area contributed by atoms with Gasteiger partial charge in [0.15, 0.2) is 0 Å². The van der Waals surface area contributed by atoms with Crippen molar-refractivity contribution in [2.75, 3.05) is 0 Å². The van der Waals surface area contributed by atoms with Crippen LogP contribution in [0.15, 0.2) is 22.9 Å². The third-order valence-corrected chi connectivity index (χ3v) is 3.63. The number of pyridine rings is 1. The molecule has 0 radical (unpaired) electrons. The van der Waals surface area contributed by atoms with E-state index in [0.29, 0.717) is 17.4 Å². The number of nitrogens with zero attached hydrogens (tertiary/aromatic N) is 4. The zero-order valence-electron chi connectivity index (χ0n) is 10.5. The van der Waals surface area contributed by atoms with Gasteiger partial charge in [-0.15, -0.1) is 0 Å². The molecule has 19 heavy (non-hydrogen) atoms. The molecule has 6 heteroatoms. The van der Waals surface area contributed by atoms with Crippen LogP contribution >= 0.6 is 0 Å². The van der Waals surface area contributed by atoms with Gasteiger partial charge in [0.25, 0.3) is 0 Å². The summed E-state index contributed by atoms with van der Waals surface area (Å²) in [4.78, 5) is 8.14. The van der Waals surface area contributed by atoms with Crippen LogP contribution in [-0.2, 0) is 0 Å². The smallest absolute Gasteiger partial charge is 0.232 e. The van der Waals surface area contributed by atoms with Crippen molar-refractivity contribution < 1.29 is 8.91 Å². The Hall–Kier alpha value is -2.29. The summed E-state index contributed by atoms with van der Waals surface area (Å²) in [7, 11) is 0. The fourth-order valence-corrected chi connectivity index (χ4v) is 2.31. The van der Waals surface area contributed by atoms with Gasteiger partial charge in [-0.3, -0.25) is 0 Å². The fraction of sp³-hybridized carbons (Fsp3) is 0.385. The van der Waals surface area contributed by atoms with Crippen LogP contribution in [0.2, 0.25) is 0 Å². The van der Waals surface area contributed by atoms with E-state index in [0.717, 1.165) is 6.20 Å². The maximum atomic E-state index is 12.8. The summed E-state index contributed by atoms with van der Waals surface area (Å²) in [6.45, 7) is 3.98. The minimum absolute atomic E-state index is 0.0424. The monoisotopic (exact) mass is 258 g/mol. The van der Waals surface area contributed by atoms with Gasteiger partial charge in [-0.25, -0.2) is 9.37 Å². The normalized spacial score (nSPS) is 23.9. The van der Waals surface area contributed by atoms with Crippen molar-refractivity contribution in [1.29, 1.82) is 5.26 Å². The zero-order valence-corrected chi connectivity index (χ0v) is 10.5. The van der Waals surface area contributed by atoms with E-state index in [-0.39, 0.29) is 17.3 Å². The van der Waals surface area contributed by atoms with E-state index in [4.69, 9.17) is 9.78 Å². The average molecular weight is 258 g/mol. The molecule has 1 fully saturated rings. The van der Waals surface area contributed by atoms with Crippen LogP contribution in [0.1, 0.15) is 25.7 Å². The second-order valence-corrected chi connectivity index (χ2v) is 5.22. The molecule has 0 bridgehead atoms. The molecule has 2 unspecified atom stereocenters. The lowest BCUT2D eigenvalue weighted by atomic mass is 10.1. The first-order valence-corrected chi connectivity index (χ1v) is 5.89. The van der Waals surface area contributed by atoms with Gasteiger partial charge >= 0.3 is 0 Å². The lowest BCUT2D eigenvalue weighted by Crippen LogP contribution is -1.91. The van der Waals surface area contributed by atoms with Crippen LogP contribution in [0.25, 0.3) is 11.5 Å². The number of rotatable bonds is 2. The molecular weight excluding hydrogens is 247 g/mol. The van der Waals surface area contributed by atoms with Crippen LogP contribution in [0, 0.1) is 28.5 Å². The Kier molecular flexibility index (Phi) is 2.39. The topological polar surface area (TPSA) is 75.6 Å². The third kappa shape index (κ3) is 1.78. The van der Waals surface area contributed by atoms with Gasteiger partial charge in [0.2, 0.25) is 11.7 Å². The van der Waals surface area contributed by atoms with E-state index in [1.807, 2.05) is 13.8 Å². The highest BCUT2D eigenvalue weighted by Crippen LogP contribution is 2.63. The van der Waals surface area contributed by atoms with Crippen LogP contribution in [0.3, 0.4) is 0 Å². The van der Waals surface area contributed by atoms with Gasteiger partial charge in [0, 0.05) is 0 Å². The van der Waals surface area contributed by atoms with E-state index >= 15 is 0 Å². The predicted octanol–water partition coefficient (Wildman–Crippen LogP) is 2.53. The first-order valence-electron chi connectivity index (χ1n) is 5.89. The third-order valence-electron chi connectivity index (χ3n) is 3.63. The van der Waals surface area contributed by atoms with Gasteiger partial charge in [-0.05, 0) is 17.5 Å². The van der Waals surface area contributed by atoms with Crippen molar-refractivity contribution >= 4 is 0 Å². The maximum Gasteiger partial charge on any atom is 0.232 e. The highest BCUT2D eigenvalue weighted by molar-refractivity contribution is 5.47. The van der Waals surface area contributed by atoms with Gasteiger partial charge in [-0.1, -0.05) is 19.0 Å². The van der Waals surface area contributed by atoms with Gasteiger partial charge in [-0.2, -0.15) is 10.2 Å². The number of hydrogen-bond acceptors (Lipinski definition) is 5. The highest BCUT2D eigenvalue weighted by atomic mass is 19.1. The second kappa shape index (κ2) is 3.85. The summed E-state index contributed by atoms with van der Waals surface area (Å²) in [6, 6.07) is 5.02. The standard InChI is InChI=1S/C13H11FN4O/c1-13(2)8(5-15)10(13)12-17-11(18-19-12)9-4-3-7(14)6-16-9/h3-4,6,8,10H,1-2H3. The Morgan fingerprint density at radius 3 is 2.79 bits per heavy atom. The van der Waals surface area contributed by atoms with E-state index < -0.39 is 5.82 Å². The minimum atomic E-state index is -0.416. The van der Waals surface area contributed by atoms with E-state index in [9.17, 15) is 4.39 Å². The van der Waals surface area contributed by atoms with Crippen molar-refractivity contribution in [3.8, 4) is 17.6 Å². The first kappa shape index (κ1) is 11.8. The van der Waals surface area contributed by atoms with E-state index in [2.05, 4.69) is 21.2 Å². The molecule has 2 aromatic rings. The summed E-state index contributed by atoms with van der Waals surface area (Å²) in [5, 5.41) is 12.9. The molecule has 1 aliphatic carbocycles. The Balaban J connectivity index is 1.89. The lowest BCUT2D eigenvalue weighted by molar-refractivity contribution is 0.368. The molecule has 1 saturated carbocycles. The highest BCUT2D eigenvalue weighted by Gasteiger charge is 2.62. The van der Waals surface area contributed by atoms with E-state index in [1.165, 1.54) is 12.1 Å². The maximum absolute atomic E-state index is 12.8. The van der Waals surface area contributed by atoms with Crippen molar-refractivity contribution in [1.82, 2.24) is 15.1 Å². The Morgan fingerprint density at radius 2 is 2.21 bits per heavy atom. The molecule has 3 rings (SSSR count). The van der Waals surface area contributed by atoms with Crippen molar-refractivity contribution in [3.63, 3.8) is 0 Å². The predicted molar refractivity (Wildman–Crippen MR) is 63.1 cm³/mol. The van der Waals surface area contributed by atoms with Crippen LogP contribution in [-0.4, -0.2) is 15.1 Å². The molecular formula is C13H11FN4O. The number of halogens is 1. The number of nitriles is 1. The summed E-state index contributed by atoms with van der Waals surface area (Å²) in [5.74, 6) is 0.188. The Bertz CT molecular complexity index is 656. The quantitative estimate of drug-likeness (QED) is 0.827. The van der Waals surface area contributed by atoms with Crippen LogP contribution in [0.5, 0.6) is 0 Å². The SMILES string of the molecule is CC1(C)C(C#N)C1c1nc(-c2ccc(F)cn2)no1. The molecule has 1 aliphatic rings. The average Bonchev–Trinajstić information content (AvgIpc) is 2.76. The summed E-state index contributed by atoms with van der Waals surface area (Å²) < 4.78 is 18.0. The molecule has 0 aromatic carbocycles. The zero-order chi connectivity index (χ0) is 13.6. The summed E-state index contributed by atoms with van der Waals surface area (Å²) in [6.07, 6.45) is 1.10. The van der Waals surface area contributed by atoms with Crippen molar-refractivity contribution in [2.45, 2.75) is 19.8 Å². The fourth-order valence-electron chi connectivity index (χ4n) is 2.31. The Labute approximate surface area is 109 Å². The van der Waals surface area contributed by atoms with Crippen LogP contribution < -0.4 is 0 Å². The van der Waals surface area contributed by atoms with Crippen molar-refractivity contribution in [2.24, 2.45) is 11.3 Å². The molecule has 2 atom stereocenters. The van der Waals surface area contributed by atoms with Crippen molar-refractivity contribution in [3.05, 3.63) is 30.0 Å². The van der Waals surface area contributed by atoms with Crippen LogP contribution in [0.4, 0.5) is 4.39 Å². The van der Waals surface area contributed by atoms with Gasteiger partial charge in [0.1, 0.15) is 11.5 Å². The molecule has 5 nitrogen and oxygen atoms in total. The molecule has 0 spiro atoms. The summed E-state index contributed by atoms with van der Waals surface area (Å²) in [5.41, 5.74) is 0.303. The molecule has 2 heterocycles. The molecule has 0 aliphatic heterocycles. The molecule has 96 valence electrons. The van der Waals surface area contributed by atoms with Gasteiger partial charge < -0.3 is 4.52 Å². The summed E-state index contributed by atoms with van der Waals surface area (Å²) >= 11 is 0.